The van der Waals surface area contributed by atoms with E-state index in [0.29, 0.717) is 24.4 Å². The fourth-order valence-electron chi connectivity index (χ4n) is 7.36. The summed E-state index contributed by atoms with van der Waals surface area (Å²) in [6.07, 6.45) is 4.07. The van der Waals surface area contributed by atoms with Gasteiger partial charge < -0.3 is 28.4 Å². The number of hydrogen-bond acceptors (Lipinski definition) is 6. The molecule has 4 aromatic carbocycles. The minimum Gasteiger partial charge on any atom is -0.493 e. The molecule has 5 aromatic rings. The molecular formula is C46H60ClN4O4+. The van der Waals surface area contributed by atoms with Crippen molar-refractivity contribution in [2.24, 2.45) is 0 Å². The van der Waals surface area contributed by atoms with Gasteiger partial charge in [0.05, 0.1) is 38.5 Å². The Morgan fingerprint density at radius 3 is 1.89 bits per heavy atom. The Morgan fingerprint density at radius 2 is 1.33 bits per heavy atom. The number of aliphatic hydroxyl groups excluding tert-OH is 1. The predicted octanol–water partition coefficient (Wildman–Crippen LogP) is 10.5. The van der Waals surface area contributed by atoms with E-state index < -0.39 is 0 Å². The molecule has 0 saturated heterocycles. The van der Waals surface area contributed by atoms with Gasteiger partial charge in [0.2, 0.25) is 0 Å². The Balaban J connectivity index is 1.30. The molecule has 9 heteroatoms. The highest BCUT2D eigenvalue weighted by Crippen LogP contribution is 2.29. The van der Waals surface area contributed by atoms with Gasteiger partial charge in [-0.1, -0.05) is 58.4 Å². The Kier molecular flexibility index (Phi) is 14.8. The molecule has 5 rings (SSSR count). The summed E-state index contributed by atoms with van der Waals surface area (Å²) in [5.74, 6) is 3.85. The minimum atomic E-state index is 0.0679. The standard InChI is InChI=1S/C46H60ClN4O4/c1-8-49(9-2)45(29-31-52)51(10-3,11-4)30-12-32-53-39-21-13-35(14-22-39)43-33-50(38-19-27-42(28-20-38)55-41-25-17-37(47)18-26-41)44(48-43)34-54-40-23-15-36(16-24-40)46(5,6)7/h13-28,33,45,52H,8-12,29-32,34H2,1-7H3/q+1. The quantitative estimate of drug-likeness (QED) is 0.0483. The summed E-state index contributed by atoms with van der Waals surface area (Å²) in [6, 6.07) is 31.8. The lowest BCUT2D eigenvalue weighted by atomic mass is 9.87. The molecule has 1 heterocycles. The lowest BCUT2D eigenvalue weighted by Gasteiger charge is -2.48. The Labute approximate surface area is 333 Å². The summed E-state index contributed by atoms with van der Waals surface area (Å²) in [5, 5.41) is 10.6. The van der Waals surface area contributed by atoms with E-state index in [0.717, 1.165) is 95.8 Å². The molecule has 1 aromatic heterocycles. The van der Waals surface area contributed by atoms with Gasteiger partial charge in [-0.25, -0.2) is 4.98 Å². The maximum absolute atomic E-state index is 9.92. The van der Waals surface area contributed by atoms with E-state index in [9.17, 15) is 5.11 Å². The second-order valence-corrected chi connectivity index (χ2v) is 15.5. The molecule has 0 spiro atoms. The molecule has 55 heavy (non-hydrogen) atoms. The van der Waals surface area contributed by atoms with Gasteiger partial charge in [-0.05, 0) is 110 Å². The summed E-state index contributed by atoms with van der Waals surface area (Å²) in [6.45, 7) is 21.7. The zero-order chi connectivity index (χ0) is 39.4. The van der Waals surface area contributed by atoms with Gasteiger partial charge in [0.25, 0.3) is 0 Å². The van der Waals surface area contributed by atoms with E-state index >= 15 is 0 Å². The van der Waals surface area contributed by atoms with Crippen LogP contribution in [0.4, 0.5) is 0 Å². The molecule has 0 aliphatic rings. The molecule has 0 fully saturated rings. The third kappa shape index (κ3) is 10.9. The first-order valence-corrected chi connectivity index (χ1v) is 20.2. The molecule has 0 aliphatic carbocycles. The van der Waals surface area contributed by atoms with Crippen molar-refractivity contribution in [3.05, 3.63) is 120 Å². The minimum absolute atomic E-state index is 0.0679. The van der Waals surface area contributed by atoms with Crippen LogP contribution in [0.15, 0.2) is 103 Å². The average molecular weight is 768 g/mol. The number of halogens is 1. The first-order valence-electron chi connectivity index (χ1n) is 19.8. The topological polar surface area (TPSA) is 69.0 Å². The zero-order valence-corrected chi connectivity index (χ0v) is 34.6. The highest BCUT2D eigenvalue weighted by Gasteiger charge is 2.36. The van der Waals surface area contributed by atoms with E-state index in [-0.39, 0.29) is 12.0 Å². The molecule has 294 valence electrons. The summed E-state index contributed by atoms with van der Waals surface area (Å²) >= 11 is 6.05. The van der Waals surface area contributed by atoms with Crippen molar-refractivity contribution in [1.29, 1.82) is 0 Å². The van der Waals surface area contributed by atoms with E-state index in [1.807, 2.05) is 72.8 Å². The summed E-state index contributed by atoms with van der Waals surface area (Å²) < 4.78 is 21.6. The van der Waals surface area contributed by atoms with Crippen LogP contribution in [0.3, 0.4) is 0 Å². The molecule has 0 radical (unpaired) electrons. The number of quaternary nitrogens is 1. The van der Waals surface area contributed by atoms with Crippen LogP contribution in [0.1, 0.15) is 72.7 Å². The Morgan fingerprint density at radius 1 is 0.764 bits per heavy atom. The van der Waals surface area contributed by atoms with E-state index in [1.165, 1.54) is 5.56 Å². The molecule has 0 saturated carbocycles. The van der Waals surface area contributed by atoms with Crippen LogP contribution < -0.4 is 14.2 Å². The van der Waals surface area contributed by atoms with E-state index in [4.69, 9.17) is 30.8 Å². The van der Waals surface area contributed by atoms with Gasteiger partial charge >= 0.3 is 0 Å². The van der Waals surface area contributed by atoms with Crippen LogP contribution in [-0.4, -0.2) is 76.1 Å². The molecule has 1 unspecified atom stereocenters. The molecule has 0 bridgehead atoms. The van der Waals surface area contributed by atoms with Crippen molar-refractivity contribution >= 4 is 11.6 Å². The van der Waals surface area contributed by atoms with Crippen molar-refractivity contribution in [2.75, 3.05) is 45.9 Å². The number of rotatable bonds is 20. The summed E-state index contributed by atoms with van der Waals surface area (Å²) in [5.41, 5.74) is 4.10. The zero-order valence-electron chi connectivity index (χ0n) is 33.8. The Bertz CT molecular complexity index is 1880. The molecular weight excluding hydrogens is 708 g/mol. The second kappa shape index (κ2) is 19.5. The lowest BCUT2D eigenvalue weighted by Crippen LogP contribution is -2.63. The van der Waals surface area contributed by atoms with Gasteiger partial charge in [-0.3, -0.25) is 4.90 Å². The largest absolute Gasteiger partial charge is 0.493 e. The third-order valence-corrected chi connectivity index (χ3v) is 11.0. The first kappa shape index (κ1) is 41.8. The Hall–Kier alpha value is -4.34. The van der Waals surface area contributed by atoms with Crippen LogP contribution in [0.25, 0.3) is 16.9 Å². The number of benzene rings is 4. The van der Waals surface area contributed by atoms with Gasteiger partial charge in [0.1, 0.15) is 35.8 Å². The smallest absolute Gasteiger partial charge is 0.152 e. The van der Waals surface area contributed by atoms with Crippen molar-refractivity contribution in [2.45, 2.75) is 79.5 Å². The van der Waals surface area contributed by atoms with Crippen LogP contribution in [0.2, 0.25) is 5.02 Å². The highest BCUT2D eigenvalue weighted by atomic mass is 35.5. The number of aliphatic hydroxyl groups is 1. The lowest BCUT2D eigenvalue weighted by molar-refractivity contribution is -0.959. The highest BCUT2D eigenvalue weighted by molar-refractivity contribution is 6.30. The van der Waals surface area contributed by atoms with Crippen LogP contribution in [-0.2, 0) is 12.0 Å². The van der Waals surface area contributed by atoms with Gasteiger partial charge in [-0.2, -0.15) is 0 Å². The van der Waals surface area contributed by atoms with Crippen molar-refractivity contribution in [1.82, 2.24) is 14.5 Å². The van der Waals surface area contributed by atoms with Crippen LogP contribution in [0, 0.1) is 0 Å². The van der Waals surface area contributed by atoms with Crippen molar-refractivity contribution < 1.29 is 23.8 Å². The van der Waals surface area contributed by atoms with E-state index in [2.05, 4.69) is 88.4 Å². The normalized spacial score (nSPS) is 12.5. The van der Waals surface area contributed by atoms with Crippen LogP contribution >= 0.6 is 11.6 Å². The number of imidazole rings is 1. The number of ether oxygens (including phenoxy) is 3. The number of hydrogen-bond donors (Lipinski definition) is 1. The third-order valence-electron chi connectivity index (χ3n) is 10.7. The van der Waals surface area contributed by atoms with Gasteiger partial charge in [0, 0.05) is 48.4 Å². The fourth-order valence-corrected chi connectivity index (χ4v) is 7.49. The molecule has 8 nitrogen and oxygen atoms in total. The fraction of sp³-hybridized carbons (Fsp3) is 0.413. The monoisotopic (exact) mass is 767 g/mol. The molecule has 1 atom stereocenters. The molecule has 1 N–H and O–H groups in total. The molecule has 0 amide bonds. The summed E-state index contributed by atoms with van der Waals surface area (Å²) in [4.78, 5) is 7.57. The second-order valence-electron chi connectivity index (χ2n) is 15.0. The SMILES string of the molecule is CCN(CC)C(CCO)[N+](CC)(CC)CCCOc1ccc(-c2cn(-c3ccc(Oc4ccc(Cl)cc4)cc3)c(COc3ccc(C(C)(C)C)cc3)n2)cc1. The van der Waals surface area contributed by atoms with E-state index in [1.54, 1.807) is 0 Å². The number of aromatic nitrogens is 2. The first-order chi connectivity index (χ1) is 26.5. The van der Waals surface area contributed by atoms with Crippen molar-refractivity contribution in [3.8, 4) is 39.9 Å². The van der Waals surface area contributed by atoms with Gasteiger partial charge in [0.15, 0.2) is 5.82 Å². The average Bonchev–Trinajstić information content (AvgIpc) is 3.63. The van der Waals surface area contributed by atoms with Gasteiger partial charge in [-0.15, -0.1) is 0 Å². The molecule has 0 aliphatic heterocycles. The predicted molar refractivity (Wildman–Crippen MR) is 225 cm³/mol. The van der Waals surface area contributed by atoms with Crippen LogP contribution in [0.5, 0.6) is 23.0 Å². The maximum Gasteiger partial charge on any atom is 0.152 e. The van der Waals surface area contributed by atoms with Crippen molar-refractivity contribution in [3.63, 3.8) is 0 Å². The maximum atomic E-state index is 9.92. The summed E-state index contributed by atoms with van der Waals surface area (Å²) in [7, 11) is 0. The number of nitrogens with zero attached hydrogens (tertiary/aromatic N) is 4.